The summed E-state index contributed by atoms with van der Waals surface area (Å²) in [5.41, 5.74) is 7.07. The molecule has 0 spiro atoms. The smallest absolute Gasteiger partial charge is 0.0721 e. The topological polar surface area (TPSA) is 12.9 Å². The number of pyridine rings is 1. The molecule has 0 amide bonds. The first-order valence-electron chi connectivity index (χ1n) is 9.13. The predicted octanol–water partition coefficient (Wildman–Crippen LogP) is 7.87. The maximum Gasteiger partial charge on any atom is 0.0721 e. The Balaban J connectivity index is 1.75. The molecule has 0 aliphatic rings. The molecule has 0 fully saturated rings. The molecule has 5 rings (SSSR count). The zero-order valence-electron chi connectivity index (χ0n) is 15.1. The van der Waals surface area contributed by atoms with Crippen molar-refractivity contribution in [1.82, 2.24) is 4.98 Å². The Hall–Kier alpha value is -3.01. The van der Waals surface area contributed by atoms with Gasteiger partial charge in [0.05, 0.1) is 5.69 Å². The van der Waals surface area contributed by atoms with Crippen LogP contribution in [0.25, 0.3) is 43.3 Å². The van der Waals surface area contributed by atoms with Crippen LogP contribution >= 0.6 is 22.7 Å². The maximum atomic E-state index is 4.79. The Morgan fingerprint density at radius 1 is 0.571 bits per heavy atom. The van der Waals surface area contributed by atoms with Gasteiger partial charge in [-0.25, -0.2) is 0 Å². The van der Waals surface area contributed by atoms with Crippen LogP contribution in [0.5, 0.6) is 0 Å². The second-order valence-electron chi connectivity index (χ2n) is 6.48. The van der Waals surface area contributed by atoms with E-state index in [-0.39, 0.29) is 0 Å². The SMILES string of the molecule is c1ccc(-c2ccnc(-c3c(-c4cccs4)cccc3-c3cccs3)c2)cc1. The summed E-state index contributed by atoms with van der Waals surface area (Å²) in [5.74, 6) is 0. The molecule has 1 nitrogen and oxygen atoms in total. The molecule has 3 aromatic heterocycles. The normalized spacial score (nSPS) is 10.9. The van der Waals surface area contributed by atoms with Crippen molar-refractivity contribution in [3.05, 3.63) is 102 Å². The number of benzene rings is 2. The fourth-order valence-electron chi connectivity index (χ4n) is 3.48. The summed E-state index contributed by atoms with van der Waals surface area (Å²) in [7, 11) is 0. The van der Waals surface area contributed by atoms with E-state index in [1.807, 2.05) is 12.3 Å². The molecular weight excluding hydrogens is 378 g/mol. The average Bonchev–Trinajstić information content (AvgIpc) is 3.48. The Morgan fingerprint density at radius 2 is 1.25 bits per heavy atom. The van der Waals surface area contributed by atoms with E-state index in [1.54, 1.807) is 22.7 Å². The Kier molecular flexibility index (Phi) is 4.61. The minimum Gasteiger partial charge on any atom is -0.256 e. The highest BCUT2D eigenvalue weighted by Gasteiger charge is 2.16. The third kappa shape index (κ3) is 3.19. The first kappa shape index (κ1) is 17.1. The molecule has 28 heavy (non-hydrogen) atoms. The van der Waals surface area contributed by atoms with E-state index in [1.165, 1.54) is 37.6 Å². The lowest BCUT2D eigenvalue weighted by Gasteiger charge is -2.14. The zero-order chi connectivity index (χ0) is 18.8. The lowest BCUT2D eigenvalue weighted by Crippen LogP contribution is -1.91. The largest absolute Gasteiger partial charge is 0.256 e. The fourth-order valence-corrected chi connectivity index (χ4v) is 5.00. The summed E-state index contributed by atoms with van der Waals surface area (Å²) in [6.07, 6.45) is 1.92. The van der Waals surface area contributed by atoms with Gasteiger partial charge in [0.1, 0.15) is 0 Å². The summed E-state index contributed by atoms with van der Waals surface area (Å²) in [5, 5.41) is 4.26. The monoisotopic (exact) mass is 395 g/mol. The number of hydrogen-bond acceptors (Lipinski definition) is 3. The van der Waals surface area contributed by atoms with Crippen LogP contribution in [0, 0.1) is 0 Å². The van der Waals surface area contributed by atoms with E-state index >= 15 is 0 Å². The van der Waals surface area contributed by atoms with Crippen LogP contribution in [0.4, 0.5) is 0 Å². The fraction of sp³-hybridized carbons (Fsp3) is 0. The molecule has 2 aromatic carbocycles. The minimum atomic E-state index is 1.01. The summed E-state index contributed by atoms with van der Waals surface area (Å²) < 4.78 is 0. The number of hydrogen-bond donors (Lipinski definition) is 0. The first-order chi connectivity index (χ1) is 13.9. The van der Waals surface area contributed by atoms with Gasteiger partial charge in [-0.2, -0.15) is 0 Å². The van der Waals surface area contributed by atoms with Crippen LogP contribution in [0.15, 0.2) is 102 Å². The summed E-state index contributed by atoms with van der Waals surface area (Å²) in [6.45, 7) is 0. The second kappa shape index (κ2) is 7.55. The van der Waals surface area contributed by atoms with E-state index in [9.17, 15) is 0 Å². The predicted molar refractivity (Wildman–Crippen MR) is 122 cm³/mol. The quantitative estimate of drug-likeness (QED) is 0.302. The van der Waals surface area contributed by atoms with Crippen LogP contribution in [0.3, 0.4) is 0 Å². The van der Waals surface area contributed by atoms with Crippen molar-refractivity contribution in [1.29, 1.82) is 0 Å². The van der Waals surface area contributed by atoms with Gasteiger partial charge >= 0.3 is 0 Å². The van der Waals surface area contributed by atoms with Gasteiger partial charge in [-0.15, -0.1) is 22.7 Å². The molecule has 0 bridgehead atoms. The minimum absolute atomic E-state index is 1.01. The van der Waals surface area contributed by atoms with Gasteiger partial charge in [-0.1, -0.05) is 60.7 Å². The summed E-state index contributed by atoms with van der Waals surface area (Å²) in [6, 6.07) is 29.9. The van der Waals surface area contributed by atoms with Gasteiger partial charge in [-0.05, 0) is 46.2 Å². The number of thiophene rings is 2. The average molecular weight is 396 g/mol. The molecular formula is C25H17NS2. The summed E-state index contributed by atoms with van der Waals surface area (Å²) >= 11 is 3.53. The van der Waals surface area contributed by atoms with Crippen molar-refractivity contribution in [2.75, 3.05) is 0 Å². The van der Waals surface area contributed by atoms with Crippen LogP contribution < -0.4 is 0 Å². The molecule has 3 heteroatoms. The van der Waals surface area contributed by atoms with Crippen LogP contribution in [0.2, 0.25) is 0 Å². The van der Waals surface area contributed by atoms with E-state index in [0.29, 0.717) is 0 Å². The van der Waals surface area contributed by atoms with Crippen molar-refractivity contribution < 1.29 is 0 Å². The van der Waals surface area contributed by atoms with Crippen molar-refractivity contribution in [3.63, 3.8) is 0 Å². The Morgan fingerprint density at radius 3 is 1.86 bits per heavy atom. The molecule has 134 valence electrons. The molecule has 0 aliphatic heterocycles. The van der Waals surface area contributed by atoms with Gasteiger partial charge < -0.3 is 0 Å². The third-order valence-electron chi connectivity index (χ3n) is 4.76. The van der Waals surface area contributed by atoms with Gasteiger partial charge in [0.25, 0.3) is 0 Å². The van der Waals surface area contributed by atoms with Crippen molar-refractivity contribution in [2.45, 2.75) is 0 Å². The van der Waals surface area contributed by atoms with E-state index in [2.05, 4.69) is 89.6 Å². The van der Waals surface area contributed by atoms with Crippen LogP contribution in [-0.2, 0) is 0 Å². The highest BCUT2D eigenvalue weighted by molar-refractivity contribution is 7.14. The van der Waals surface area contributed by atoms with Crippen LogP contribution in [-0.4, -0.2) is 4.98 Å². The van der Waals surface area contributed by atoms with Crippen LogP contribution in [0.1, 0.15) is 0 Å². The lowest BCUT2D eigenvalue weighted by molar-refractivity contribution is 1.33. The Bertz CT molecular complexity index is 1140. The van der Waals surface area contributed by atoms with Gasteiger partial charge in [0, 0.05) is 32.6 Å². The van der Waals surface area contributed by atoms with Gasteiger partial charge in [0.2, 0.25) is 0 Å². The van der Waals surface area contributed by atoms with Crippen molar-refractivity contribution in [2.24, 2.45) is 0 Å². The van der Waals surface area contributed by atoms with Gasteiger partial charge in [0.15, 0.2) is 0 Å². The molecule has 0 atom stereocenters. The zero-order valence-corrected chi connectivity index (χ0v) is 16.7. The van der Waals surface area contributed by atoms with Gasteiger partial charge in [-0.3, -0.25) is 4.98 Å². The Labute approximate surface area is 172 Å². The maximum absolute atomic E-state index is 4.79. The molecule has 0 saturated carbocycles. The number of nitrogens with zero attached hydrogens (tertiary/aromatic N) is 1. The number of aromatic nitrogens is 1. The highest BCUT2D eigenvalue weighted by Crippen LogP contribution is 2.42. The molecule has 5 aromatic rings. The highest BCUT2D eigenvalue weighted by atomic mass is 32.1. The van der Waals surface area contributed by atoms with Crippen molar-refractivity contribution >= 4 is 22.7 Å². The van der Waals surface area contributed by atoms with E-state index < -0.39 is 0 Å². The molecule has 0 saturated heterocycles. The van der Waals surface area contributed by atoms with E-state index in [0.717, 1.165) is 5.69 Å². The standard InChI is InChI=1S/C25H17NS2/c1-2-7-18(8-3-1)19-13-14-26-22(17-19)25-20(23-11-5-15-27-23)9-4-10-21(25)24-12-6-16-28-24/h1-17H. The lowest BCUT2D eigenvalue weighted by atomic mass is 9.94. The first-order valence-corrected chi connectivity index (χ1v) is 10.9. The molecule has 0 unspecified atom stereocenters. The molecule has 0 radical (unpaired) electrons. The molecule has 0 aliphatic carbocycles. The van der Waals surface area contributed by atoms with Crippen molar-refractivity contribution in [3.8, 4) is 43.3 Å². The third-order valence-corrected chi connectivity index (χ3v) is 6.57. The van der Waals surface area contributed by atoms with E-state index in [4.69, 9.17) is 4.98 Å². The second-order valence-corrected chi connectivity index (χ2v) is 8.37. The summed E-state index contributed by atoms with van der Waals surface area (Å²) in [4.78, 5) is 7.31. The molecule has 3 heterocycles. The molecule has 0 N–H and O–H groups in total. The number of rotatable bonds is 4.